The van der Waals surface area contributed by atoms with Gasteiger partial charge in [0.25, 0.3) is 5.91 Å². The van der Waals surface area contributed by atoms with E-state index in [1.165, 1.54) is 12.3 Å². The number of anilines is 1. The van der Waals surface area contributed by atoms with E-state index in [2.05, 4.69) is 5.32 Å². The number of phenols is 1. The number of nitriles is 1. The smallest absolute Gasteiger partial charge is 0.267 e. The van der Waals surface area contributed by atoms with Crippen LogP contribution in [0.2, 0.25) is 0 Å². The van der Waals surface area contributed by atoms with E-state index in [1.54, 1.807) is 24.0 Å². The van der Waals surface area contributed by atoms with E-state index in [0.29, 0.717) is 12.2 Å². The third kappa shape index (κ3) is 4.62. The lowest BCUT2D eigenvalue weighted by Gasteiger charge is -2.15. The zero-order valence-corrected chi connectivity index (χ0v) is 13.7. The molecule has 0 aliphatic carbocycles. The number of benzene rings is 2. The molecule has 5 heteroatoms. The lowest BCUT2D eigenvalue weighted by atomic mass is 10.1. The highest BCUT2D eigenvalue weighted by atomic mass is 16.3. The van der Waals surface area contributed by atoms with Gasteiger partial charge < -0.3 is 15.3 Å². The molecule has 0 fully saturated rings. The van der Waals surface area contributed by atoms with Crippen LogP contribution in [0.4, 0.5) is 5.69 Å². The van der Waals surface area contributed by atoms with Crippen LogP contribution in [0.25, 0.3) is 0 Å². The van der Waals surface area contributed by atoms with E-state index in [9.17, 15) is 15.2 Å². The van der Waals surface area contributed by atoms with Gasteiger partial charge in [-0.15, -0.1) is 0 Å². The third-order valence-corrected chi connectivity index (χ3v) is 3.45. The molecule has 0 spiro atoms. The van der Waals surface area contributed by atoms with Crippen molar-refractivity contribution in [3.8, 4) is 11.8 Å². The number of nitrogens with one attached hydrogen (secondary N) is 1. The van der Waals surface area contributed by atoms with Crippen molar-refractivity contribution >= 4 is 11.6 Å². The Labute approximate surface area is 141 Å². The first-order chi connectivity index (χ1) is 11.5. The number of amides is 1. The van der Waals surface area contributed by atoms with Gasteiger partial charge in [0.05, 0.1) is 0 Å². The lowest BCUT2D eigenvalue weighted by Crippen LogP contribution is -2.18. The minimum Gasteiger partial charge on any atom is -0.508 e. The van der Waals surface area contributed by atoms with Crippen LogP contribution in [0.5, 0.6) is 5.75 Å². The molecular weight excluding hydrogens is 302 g/mol. The molecule has 0 bridgehead atoms. The van der Waals surface area contributed by atoms with E-state index in [0.717, 1.165) is 11.1 Å². The van der Waals surface area contributed by atoms with Gasteiger partial charge in [0, 0.05) is 25.5 Å². The zero-order chi connectivity index (χ0) is 17.5. The van der Waals surface area contributed by atoms with Crippen LogP contribution in [-0.2, 0) is 11.3 Å². The fraction of sp³-hybridized carbons (Fsp3) is 0.158. The molecule has 0 atom stereocenters. The van der Waals surface area contributed by atoms with Crippen molar-refractivity contribution in [2.24, 2.45) is 0 Å². The molecule has 2 aromatic rings. The van der Waals surface area contributed by atoms with Gasteiger partial charge in [0.2, 0.25) is 0 Å². The number of aromatic hydroxyl groups is 1. The first kappa shape index (κ1) is 17.1. The van der Waals surface area contributed by atoms with Crippen molar-refractivity contribution in [3.63, 3.8) is 0 Å². The molecule has 5 nitrogen and oxygen atoms in total. The SMILES string of the molecule is Cc1cc(O)ccc1NC(=O)/C(C#N)=C\N(C)Cc1ccccc1. The number of nitrogens with zero attached hydrogens (tertiary/aromatic N) is 2. The second-order valence-electron chi connectivity index (χ2n) is 5.51. The van der Waals surface area contributed by atoms with E-state index in [4.69, 9.17) is 0 Å². The number of hydrogen-bond donors (Lipinski definition) is 2. The maximum Gasteiger partial charge on any atom is 0.267 e. The van der Waals surface area contributed by atoms with Crippen molar-refractivity contribution in [1.29, 1.82) is 5.26 Å². The summed E-state index contributed by atoms with van der Waals surface area (Å²) < 4.78 is 0. The van der Waals surface area contributed by atoms with E-state index in [-0.39, 0.29) is 11.3 Å². The largest absolute Gasteiger partial charge is 0.508 e. The second-order valence-corrected chi connectivity index (χ2v) is 5.51. The van der Waals surface area contributed by atoms with Gasteiger partial charge in [-0.05, 0) is 36.2 Å². The van der Waals surface area contributed by atoms with Crippen molar-refractivity contribution < 1.29 is 9.90 Å². The molecule has 0 unspecified atom stereocenters. The number of hydrogen-bond acceptors (Lipinski definition) is 4. The molecule has 0 saturated carbocycles. The van der Waals surface area contributed by atoms with Crippen LogP contribution < -0.4 is 5.32 Å². The molecule has 2 aromatic carbocycles. The first-order valence-corrected chi connectivity index (χ1v) is 7.46. The second kappa shape index (κ2) is 7.84. The van der Waals surface area contributed by atoms with Crippen molar-refractivity contribution in [1.82, 2.24) is 4.90 Å². The maximum atomic E-state index is 12.3. The molecule has 0 aromatic heterocycles. The molecule has 1 amide bonds. The first-order valence-electron chi connectivity index (χ1n) is 7.46. The van der Waals surface area contributed by atoms with Gasteiger partial charge in [-0.25, -0.2) is 0 Å². The summed E-state index contributed by atoms with van der Waals surface area (Å²) in [4.78, 5) is 14.1. The molecule has 2 N–H and O–H groups in total. The Kier molecular flexibility index (Phi) is 5.58. The highest BCUT2D eigenvalue weighted by Crippen LogP contribution is 2.20. The number of phenolic OH excluding ortho intramolecular Hbond substituents is 1. The van der Waals surface area contributed by atoms with Crippen LogP contribution in [-0.4, -0.2) is 23.0 Å². The molecular formula is C19H19N3O2. The van der Waals surface area contributed by atoms with Gasteiger partial charge in [0.1, 0.15) is 17.4 Å². The summed E-state index contributed by atoms with van der Waals surface area (Å²) in [6.07, 6.45) is 1.53. The van der Waals surface area contributed by atoms with Crippen LogP contribution >= 0.6 is 0 Å². The summed E-state index contributed by atoms with van der Waals surface area (Å²) in [5.74, 6) is -0.352. The lowest BCUT2D eigenvalue weighted by molar-refractivity contribution is -0.112. The maximum absolute atomic E-state index is 12.3. The molecule has 122 valence electrons. The minimum absolute atomic E-state index is 0.0147. The van der Waals surface area contributed by atoms with Crippen LogP contribution in [0.1, 0.15) is 11.1 Å². The van der Waals surface area contributed by atoms with Crippen molar-refractivity contribution in [2.45, 2.75) is 13.5 Å². The number of carbonyl (C=O) groups excluding carboxylic acids is 1. The highest BCUT2D eigenvalue weighted by Gasteiger charge is 2.12. The fourth-order valence-corrected chi connectivity index (χ4v) is 2.25. The van der Waals surface area contributed by atoms with Gasteiger partial charge in [0.15, 0.2) is 0 Å². The van der Waals surface area contributed by atoms with E-state index >= 15 is 0 Å². The Morgan fingerprint density at radius 1 is 1.29 bits per heavy atom. The van der Waals surface area contributed by atoms with E-state index in [1.807, 2.05) is 43.4 Å². The predicted molar refractivity (Wildman–Crippen MR) is 93.1 cm³/mol. The fourth-order valence-electron chi connectivity index (χ4n) is 2.25. The van der Waals surface area contributed by atoms with E-state index < -0.39 is 5.91 Å². The third-order valence-electron chi connectivity index (χ3n) is 3.45. The summed E-state index contributed by atoms with van der Waals surface area (Å²) in [6, 6.07) is 16.4. The Bertz CT molecular complexity index is 792. The predicted octanol–water partition coefficient (Wildman–Crippen LogP) is 3.18. The zero-order valence-electron chi connectivity index (χ0n) is 13.7. The Hall–Kier alpha value is -3.26. The quantitative estimate of drug-likeness (QED) is 0.504. The topological polar surface area (TPSA) is 76.4 Å². The molecule has 0 aliphatic heterocycles. The number of carbonyl (C=O) groups is 1. The van der Waals surface area contributed by atoms with Crippen molar-refractivity contribution in [2.75, 3.05) is 12.4 Å². The summed E-state index contributed by atoms with van der Waals surface area (Å²) in [7, 11) is 1.81. The minimum atomic E-state index is -0.480. The van der Waals surface area contributed by atoms with Crippen molar-refractivity contribution in [3.05, 3.63) is 71.4 Å². The summed E-state index contributed by atoms with van der Waals surface area (Å²) >= 11 is 0. The average molecular weight is 321 g/mol. The van der Waals surface area contributed by atoms with Gasteiger partial charge >= 0.3 is 0 Å². The highest BCUT2D eigenvalue weighted by molar-refractivity contribution is 6.06. The normalized spacial score (nSPS) is 10.8. The van der Waals surface area contributed by atoms with Crippen LogP contribution in [0.3, 0.4) is 0 Å². The van der Waals surface area contributed by atoms with Crippen LogP contribution in [0.15, 0.2) is 60.3 Å². The molecule has 0 heterocycles. The summed E-state index contributed by atoms with van der Waals surface area (Å²) in [5, 5.41) is 21.4. The van der Waals surface area contributed by atoms with Crippen LogP contribution in [0, 0.1) is 18.3 Å². The molecule has 0 saturated heterocycles. The summed E-state index contributed by atoms with van der Waals surface area (Å²) in [5.41, 5.74) is 2.38. The molecule has 0 aliphatic rings. The Morgan fingerprint density at radius 3 is 2.62 bits per heavy atom. The van der Waals surface area contributed by atoms with Gasteiger partial charge in [-0.2, -0.15) is 5.26 Å². The average Bonchev–Trinajstić information content (AvgIpc) is 2.56. The van der Waals surface area contributed by atoms with Gasteiger partial charge in [-0.1, -0.05) is 30.3 Å². The number of aryl methyl sites for hydroxylation is 1. The number of rotatable bonds is 5. The molecule has 0 radical (unpaired) electrons. The Morgan fingerprint density at radius 2 is 2.00 bits per heavy atom. The summed E-state index contributed by atoms with van der Waals surface area (Å²) in [6.45, 7) is 2.37. The standard InChI is InChI=1S/C19H19N3O2/c1-14-10-17(23)8-9-18(14)21-19(24)16(11-20)13-22(2)12-15-6-4-3-5-7-15/h3-10,13,23H,12H2,1-2H3,(H,21,24)/b16-13-. The van der Waals surface area contributed by atoms with Gasteiger partial charge in [-0.3, -0.25) is 4.79 Å². The molecule has 24 heavy (non-hydrogen) atoms. The Balaban J connectivity index is 2.09. The monoisotopic (exact) mass is 321 g/mol. The molecule has 2 rings (SSSR count).